The van der Waals surface area contributed by atoms with Crippen LogP contribution in [0.3, 0.4) is 0 Å². The van der Waals surface area contributed by atoms with Gasteiger partial charge in [0.1, 0.15) is 17.3 Å². The fourth-order valence-electron chi connectivity index (χ4n) is 3.92. The van der Waals surface area contributed by atoms with Crippen LogP contribution in [-0.2, 0) is 11.2 Å². The third-order valence-electron chi connectivity index (χ3n) is 5.56. The predicted molar refractivity (Wildman–Crippen MR) is 129 cm³/mol. The number of carbonyl (C=O) groups excluding carboxylic acids is 2. The molecule has 0 saturated heterocycles. The number of benzene rings is 2. The molecule has 8 heteroatoms. The maximum atomic E-state index is 13.0. The Morgan fingerprint density at radius 3 is 2.65 bits per heavy atom. The number of nitrogens with zero attached hydrogens (tertiary/aromatic N) is 1. The zero-order valence-corrected chi connectivity index (χ0v) is 19.4. The molecule has 0 fully saturated rings. The lowest BCUT2D eigenvalue weighted by Gasteiger charge is -2.13. The molecule has 1 heterocycles. The topological polar surface area (TPSA) is 102 Å². The smallest absolute Gasteiger partial charge is 0.291 e. The van der Waals surface area contributed by atoms with Crippen LogP contribution in [0.15, 0.2) is 58.0 Å². The zero-order chi connectivity index (χ0) is 24.1. The van der Waals surface area contributed by atoms with E-state index in [-0.39, 0.29) is 24.2 Å². The molecular weight excluding hydrogens is 434 g/mol. The lowest BCUT2D eigenvalue weighted by molar-refractivity contribution is -0.123. The molecule has 176 valence electrons. The molecule has 3 aromatic rings. The number of ether oxygens (including phenoxy) is 2. The highest BCUT2D eigenvalue weighted by atomic mass is 16.5. The summed E-state index contributed by atoms with van der Waals surface area (Å²) >= 11 is 0. The SMILES string of the molecule is COc1ccc(C)cc1NC(=O)c1oc2c(c1C)/C(=N/NC(=O)COc1ccccc1)CCC2. The number of hydrogen-bond donors (Lipinski definition) is 2. The maximum Gasteiger partial charge on any atom is 0.291 e. The molecule has 0 atom stereocenters. The Morgan fingerprint density at radius 2 is 1.88 bits per heavy atom. The number of fused-ring (bicyclic) bond motifs is 1. The maximum absolute atomic E-state index is 13.0. The molecule has 2 aromatic carbocycles. The second-order valence-corrected chi connectivity index (χ2v) is 8.06. The van der Waals surface area contributed by atoms with Gasteiger partial charge in [-0.15, -0.1) is 0 Å². The predicted octanol–water partition coefficient (Wildman–Crippen LogP) is 4.39. The van der Waals surface area contributed by atoms with E-state index in [1.54, 1.807) is 25.3 Å². The number of anilines is 1. The van der Waals surface area contributed by atoms with E-state index in [0.29, 0.717) is 47.1 Å². The first-order valence-electron chi connectivity index (χ1n) is 11.1. The Bertz CT molecular complexity index is 1230. The molecule has 1 aliphatic rings. The van der Waals surface area contributed by atoms with E-state index in [1.165, 1.54) is 0 Å². The minimum absolute atomic E-state index is 0.149. The number of nitrogens with one attached hydrogen (secondary N) is 2. The van der Waals surface area contributed by atoms with Crippen molar-refractivity contribution in [1.82, 2.24) is 5.43 Å². The molecule has 0 unspecified atom stereocenters. The summed E-state index contributed by atoms with van der Waals surface area (Å²) in [7, 11) is 1.55. The van der Waals surface area contributed by atoms with E-state index in [2.05, 4.69) is 15.8 Å². The first kappa shape index (κ1) is 23.1. The number of rotatable bonds is 7. The normalized spacial score (nSPS) is 13.8. The van der Waals surface area contributed by atoms with Gasteiger partial charge in [0.15, 0.2) is 12.4 Å². The molecule has 0 spiro atoms. The van der Waals surface area contributed by atoms with Crippen molar-refractivity contribution in [3.05, 3.63) is 76.7 Å². The average molecular weight is 462 g/mol. The highest BCUT2D eigenvalue weighted by Gasteiger charge is 2.28. The standard InChI is InChI=1S/C26H27N3O5/c1-16-12-13-21(32-3)20(14-16)27-26(31)25-17(2)24-19(10-7-11-22(24)34-25)28-29-23(30)15-33-18-8-5-4-6-9-18/h4-6,8-9,12-14H,7,10-11,15H2,1-3H3,(H,27,31)(H,29,30)/b28-19+. The van der Waals surface area contributed by atoms with Crippen molar-refractivity contribution in [1.29, 1.82) is 0 Å². The Balaban J connectivity index is 1.49. The number of methoxy groups -OCH3 is 1. The molecule has 0 saturated carbocycles. The van der Waals surface area contributed by atoms with E-state index < -0.39 is 0 Å². The summed E-state index contributed by atoms with van der Waals surface area (Å²) in [6, 6.07) is 14.7. The van der Waals surface area contributed by atoms with Crippen LogP contribution >= 0.6 is 0 Å². The fourth-order valence-corrected chi connectivity index (χ4v) is 3.92. The number of aryl methyl sites for hydroxylation is 2. The largest absolute Gasteiger partial charge is 0.495 e. The van der Waals surface area contributed by atoms with Gasteiger partial charge in [0.25, 0.3) is 11.8 Å². The van der Waals surface area contributed by atoms with Crippen molar-refractivity contribution in [3.8, 4) is 11.5 Å². The molecule has 1 aliphatic carbocycles. The molecule has 0 aliphatic heterocycles. The van der Waals surface area contributed by atoms with E-state index in [9.17, 15) is 9.59 Å². The quantitative estimate of drug-likeness (QED) is 0.508. The molecular formula is C26H27N3O5. The van der Waals surface area contributed by atoms with Gasteiger partial charge in [-0.1, -0.05) is 24.3 Å². The number of amides is 2. The van der Waals surface area contributed by atoms with Crippen LogP contribution in [0.2, 0.25) is 0 Å². The van der Waals surface area contributed by atoms with E-state index in [0.717, 1.165) is 17.5 Å². The third-order valence-corrected chi connectivity index (χ3v) is 5.56. The van der Waals surface area contributed by atoms with Crippen LogP contribution in [-0.4, -0.2) is 31.2 Å². The highest BCUT2D eigenvalue weighted by Crippen LogP contribution is 2.31. The van der Waals surface area contributed by atoms with Gasteiger partial charge in [0, 0.05) is 17.5 Å². The number of furan rings is 1. The summed E-state index contributed by atoms with van der Waals surface area (Å²) in [5.74, 6) is 1.36. The first-order valence-corrected chi connectivity index (χ1v) is 11.1. The van der Waals surface area contributed by atoms with Crippen molar-refractivity contribution in [2.24, 2.45) is 5.10 Å². The Labute approximate surface area is 197 Å². The summed E-state index contributed by atoms with van der Waals surface area (Å²) < 4.78 is 16.8. The van der Waals surface area contributed by atoms with Crippen molar-refractivity contribution < 1.29 is 23.5 Å². The molecule has 2 amide bonds. The van der Waals surface area contributed by atoms with Gasteiger partial charge in [0.05, 0.1) is 18.5 Å². The number of carbonyl (C=O) groups is 2. The van der Waals surface area contributed by atoms with Crippen LogP contribution in [0.4, 0.5) is 5.69 Å². The molecule has 0 bridgehead atoms. The van der Waals surface area contributed by atoms with Gasteiger partial charge < -0.3 is 19.2 Å². The van der Waals surface area contributed by atoms with Crippen LogP contribution in [0.5, 0.6) is 11.5 Å². The van der Waals surface area contributed by atoms with Crippen LogP contribution in [0, 0.1) is 13.8 Å². The van der Waals surface area contributed by atoms with Crippen LogP contribution in [0.25, 0.3) is 0 Å². The van der Waals surface area contributed by atoms with Crippen molar-refractivity contribution in [2.75, 3.05) is 19.0 Å². The van der Waals surface area contributed by atoms with Gasteiger partial charge in [-0.2, -0.15) is 5.10 Å². The van der Waals surface area contributed by atoms with E-state index in [4.69, 9.17) is 13.9 Å². The van der Waals surface area contributed by atoms with Crippen molar-refractivity contribution in [2.45, 2.75) is 33.1 Å². The lowest BCUT2D eigenvalue weighted by atomic mass is 9.93. The minimum atomic E-state index is -0.367. The van der Waals surface area contributed by atoms with Crippen molar-refractivity contribution >= 4 is 23.2 Å². The first-order chi connectivity index (χ1) is 16.5. The molecule has 8 nitrogen and oxygen atoms in total. The third kappa shape index (κ3) is 5.11. The summed E-state index contributed by atoms with van der Waals surface area (Å²) in [4.78, 5) is 25.3. The summed E-state index contributed by atoms with van der Waals surface area (Å²) in [6.07, 6.45) is 2.17. The van der Waals surface area contributed by atoms with Crippen LogP contribution < -0.4 is 20.2 Å². The molecule has 1 aromatic heterocycles. The summed E-state index contributed by atoms with van der Waals surface area (Å²) in [6.45, 7) is 3.61. The zero-order valence-electron chi connectivity index (χ0n) is 19.4. The second kappa shape index (κ2) is 10.2. The number of hydrazone groups is 1. The number of hydrogen-bond acceptors (Lipinski definition) is 6. The van der Waals surface area contributed by atoms with E-state index >= 15 is 0 Å². The van der Waals surface area contributed by atoms with Crippen LogP contribution in [0.1, 0.15) is 45.8 Å². The fraction of sp³-hybridized carbons (Fsp3) is 0.269. The molecule has 4 rings (SSSR count). The second-order valence-electron chi connectivity index (χ2n) is 8.06. The average Bonchev–Trinajstić information content (AvgIpc) is 3.19. The Kier molecular flexibility index (Phi) is 6.96. The minimum Gasteiger partial charge on any atom is -0.495 e. The van der Waals surface area contributed by atoms with E-state index in [1.807, 2.05) is 44.2 Å². The summed E-state index contributed by atoms with van der Waals surface area (Å²) in [5.41, 5.74) is 6.26. The Hall–Kier alpha value is -4.07. The van der Waals surface area contributed by atoms with Gasteiger partial charge in [-0.25, -0.2) is 5.43 Å². The van der Waals surface area contributed by atoms with Crippen molar-refractivity contribution in [3.63, 3.8) is 0 Å². The molecule has 2 N–H and O–H groups in total. The number of para-hydroxylation sites is 1. The van der Waals surface area contributed by atoms with Gasteiger partial charge >= 0.3 is 0 Å². The Morgan fingerprint density at radius 1 is 1.09 bits per heavy atom. The van der Waals surface area contributed by atoms with Gasteiger partial charge in [0.2, 0.25) is 0 Å². The highest BCUT2D eigenvalue weighted by molar-refractivity contribution is 6.09. The molecule has 34 heavy (non-hydrogen) atoms. The van der Waals surface area contributed by atoms with Gasteiger partial charge in [-0.05, 0) is 56.5 Å². The summed E-state index contributed by atoms with van der Waals surface area (Å²) in [5, 5.41) is 7.20. The van der Waals surface area contributed by atoms with Gasteiger partial charge in [-0.3, -0.25) is 9.59 Å². The molecule has 0 radical (unpaired) electrons. The monoisotopic (exact) mass is 461 g/mol. The lowest BCUT2D eigenvalue weighted by Crippen LogP contribution is -2.27.